The molecule has 0 unspecified atom stereocenters. The molecule has 0 saturated heterocycles. The number of carbonyl (C=O) groups excluding carboxylic acids is 1. The van der Waals surface area contributed by atoms with Gasteiger partial charge in [-0.25, -0.2) is 0 Å². The van der Waals surface area contributed by atoms with Crippen molar-refractivity contribution in [1.82, 2.24) is 14.8 Å². The van der Waals surface area contributed by atoms with Gasteiger partial charge in [-0.15, -0.1) is 0 Å². The van der Waals surface area contributed by atoms with Gasteiger partial charge in [0.15, 0.2) is 5.78 Å². The Bertz CT molecular complexity index is 746. The smallest absolute Gasteiger partial charge is 0.188 e. The van der Waals surface area contributed by atoms with Crippen LogP contribution in [-0.4, -0.2) is 20.5 Å². The molecule has 4 heteroatoms. The molecular formula is C15H13N3O. The maximum atomic E-state index is 12.0. The van der Waals surface area contributed by atoms with Crippen LogP contribution >= 0.6 is 0 Å². The Kier molecular flexibility index (Phi) is 2.83. The molecule has 3 aromatic rings. The maximum Gasteiger partial charge on any atom is 0.188 e. The highest BCUT2D eigenvalue weighted by atomic mass is 16.1. The predicted molar refractivity (Wildman–Crippen MR) is 73.0 cm³/mol. The molecule has 0 aliphatic heterocycles. The summed E-state index contributed by atoms with van der Waals surface area (Å²) in [6.45, 7) is 0. The monoisotopic (exact) mass is 251 g/mol. The molecule has 19 heavy (non-hydrogen) atoms. The van der Waals surface area contributed by atoms with Crippen LogP contribution in [-0.2, 0) is 13.5 Å². The van der Waals surface area contributed by atoms with E-state index < -0.39 is 0 Å². The Morgan fingerprint density at radius 3 is 2.79 bits per heavy atom. The normalized spacial score (nSPS) is 10.8. The minimum atomic E-state index is -0.0108. The van der Waals surface area contributed by atoms with Crippen LogP contribution in [0.2, 0.25) is 0 Å². The van der Waals surface area contributed by atoms with Gasteiger partial charge in [0, 0.05) is 24.3 Å². The third kappa shape index (κ3) is 2.38. The van der Waals surface area contributed by atoms with E-state index in [2.05, 4.69) is 10.1 Å². The molecule has 0 atom stereocenters. The van der Waals surface area contributed by atoms with E-state index in [4.69, 9.17) is 0 Å². The first-order chi connectivity index (χ1) is 9.22. The van der Waals surface area contributed by atoms with Crippen LogP contribution in [0.3, 0.4) is 0 Å². The van der Waals surface area contributed by atoms with Crippen molar-refractivity contribution in [2.45, 2.75) is 6.42 Å². The fourth-order valence-corrected chi connectivity index (χ4v) is 2.03. The summed E-state index contributed by atoms with van der Waals surface area (Å²) in [5.41, 5.74) is 2.17. The van der Waals surface area contributed by atoms with Crippen LogP contribution in [0.5, 0.6) is 0 Å². The van der Waals surface area contributed by atoms with Crippen molar-refractivity contribution >= 4 is 16.7 Å². The molecule has 0 bridgehead atoms. The molecule has 94 valence electrons. The van der Waals surface area contributed by atoms with Gasteiger partial charge in [0.2, 0.25) is 0 Å². The Balaban J connectivity index is 1.87. The topological polar surface area (TPSA) is 47.8 Å². The van der Waals surface area contributed by atoms with E-state index in [0.29, 0.717) is 5.69 Å². The Morgan fingerprint density at radius 2 is 2.00 bits per heavy atom. The zero-order valence-corrected chi connectivity index (χ0v) is 10.6. The molecule has 0 fully saturated rings. The predicted octanol–water partition coefficient (Wildman–Crippen LogP) is 2.39. The molecular weight excluding hydrogens is 238 g/mol. The number of nitrogens with zero attached hydrogens (tertiary/aromatic N) is 3. The van der Waals surface area contributed by atoms with E-state index in [0.717, 1.165) is 16.6 Å². The highest BCUT2D eigenvalue weighted by molar-refractivity contribution is 5.95. The van der Waals surface area contributed by atoms with E-state index >= 15 is 0 Å². The van der Waals surface area contributed by atoms with Crippen molar-refractivity contribution in [3.8, 4) is 0 Å². The molecule has 0 spiro atoms. The average Bonchev–Trinajstić information content (AvgIpc) is 2.85. The lowest BCUT2D eigenvalue weighted by Crippen LogP contribution is -2.06. The second-order valence-corrected chi connectivity index (χ2v) is 4.47. The van der Waals surface area contributed by atoms with Crippen LogP contribution in [0.15, 0.2) is 48.7 Å². The van der Waals surface area contributed by atoms with Gasteiger partial charge in [-0.2, -0.15) is 5.10 Å². The molecule has 2 aromatic heterocycles. The molecule has 0 aliphatic carbocycles. The third-order valence-electron chi connectivity index (χ3n) is 3.00. The molecule has 4 nitrogen and oxygen atoms in total. The molecule has 0 N–H and O–H groups in total. The first kappa shape index (κ1) is 11.6. The first-order valence-electron chi connectivity index (χ1n) is 6.10. The number of hydrogen-bond donors (Lipinski definition) is 0. The number of hydrogen-bond acceptors (Lipinski definition) is 3. The van der Waals surface area contributed by atoms with Crippen LogP contribution in [0.1, 0.15) is 16.2 Å². The quantitative estimate of drug-likeness (QED) is 0.671. The molecule has 0 radical (unpaired) electrons. The Labute approximate surface area is 110 Å². The number of benzene rings is 1. The van der Waals surface area contributed by atoms with E-state index in [9.17, 15) is 4.79 Å². The summed E-state index contributed by atoms with van der Waals surface area (Å²) in [7, 11) is 1.80. The molecule has 0 saturated carbocycles. The minimum Gasteiger partial charge on any atom is -0.292 e. The third-order valence-corrected chi connectivity index (χ3v) is 3.00. The van der Waals surface area contributed by atoms with E-state index in [1.54, 1.807) is 24.0 Å². The lowest BCUT2D eigenvalue weighted by atomic mass is 10.1. The maximum absolute atomic E-state index is 12.0. The van der Waals surface area contributed by atoms with Gasteiger partial charge in [0.1, 0.15) is 5.69 Å². The second-order valence-electron chi connectivity index (χ2n) is 4.47. The highest BCUT2D eigenvalue weighted by Crippen LogP contribution is 2.13. The molecule has 3 rings (SSSR count). The zero-order valence-electron chi connectivity index (χ0n) is 10.6. The fourth-order valence-electron chi connectivity index (χ4n) is 2.03. The van der Waals surface area contributed by atoms with Crippen molar-refractivity contribution in [3.05, 3.63) is 60.0 Å². The summed E-state index contributed by atoms with van der Waals surface area (Å²) in [5, 5.41) is 5.19. The minimum absolute atomic E-state index is 0.0108. The van der Waals surface area contributed by atoms with Gasteiger partial charge < -0.3 is 0 Å². The summed E-state index contributed by atoms with van der Waals surface area (Å²) < 4.78 is 1.63. The summed E-state index contributed by atoms with van der Waals surface area (Å²) >= 11 is 0. The van der Waals surface area contributed by atoms with Crippen LogP contribution < -0.4 is 0 Å². The Hall–Kier alpha value is -2.49. The number of ketones is 1. The SMILES string of the molecule is Cn1ccc(C(=O)Cc2ccc3ccccc3n2)n1. The number of pyridine rings is 1. The lowest BCUT2D eigenvalue weighted by molar-refractivity contribution is 0.0986. The number of para-hydroxylation sites is 1. The number of aromatic nitrogens is 3. The summed E-state index contributed by atoms with van der Waals surface area (Å²) in [6.07, 6.45) is 2.04. The van der Waals surface area contributed by atoms with Gasteiger partial charge >= 0.3 is 0 Å². The first-order valence-corrected chi connectivity index (χ1v) is 6.10. The summed E-state index contributed by atoms with van der Waals surface area (Å²) in [5.74, 6) is -0.0108. The van der Waals surface area contributed by atoms with Crippen molar-refractivity contribution in [2.75, 3.05) is 0 Å². The van der Waals surface area contributed by atoms with Gasteiger partial charge in [-0.1, -0.05) is 24.3 Å². The molecule has 0 amide bonds. The van der Waals surface area contributed by atoms with Crippen molar-refractivity contribution in [1.29, 1.82) is 0 Å². The number of fused-ring (bicyclic) bond motifs is 1. The molecule has 0 aliphatic rings. The van der Waals surface area contributed by atoms with Gasteiger partial charge in [-0.3, -0.25) is 14.5 Å². The fraction of sp³-hybridized carbons (Fsp3) is 0.133. The average molecular weight is 251 g/mol. The zero-order chi connectivity index (χ0) is 13.2. The highest BCUT2D eigenvalue weighted by Gasteiger charge is 2.11. The van der Waals surface area contributed by atoms with Crippen molar-refractivity contribution in [2.24, 2.45) is 7.05 Å². The van der Waals surface area contributed by atoms with Crippen LogP contribution in [0.25, 0.3) is 10.9 Å². The molecule has 2 heterocycles. The lowest BCUT2D eigenvalue weighted by Gasteiger charge is -2.01. The summed E-state index contributed by atoms with van der Waals surface area (Å²) in [6, 6.07) is 13.5. The van der Waals surface area contributed by atoms with Gasteiger partial charge in [0.25, 0.3) is 0 Å². The number of Topliss-reactive ketones (excluding diaryl/α,β-unsaturated/α-hetero) is 1. The standard InChI is InChI=1S/C15H13N3O/c1-18-9-8-14(17-18)15(19)10-12-7-6-11-4-2-3-5-13(11)16-12/h2-9H,10H2,1H3. The van der Waals surface area contributed by atoms with E-state index in [1.165, 1.54) is 0 Å². The van der Waals surface area contributed by atoms with Crippen LogP contribution in [0, 0.1) is 0 Å². The van der Waals surface area contributed by atoms with Crippen molar-refractivity contribution < 1.29 is 4.79 Å². The van der Waals surface area contributed by atoms with Gasteiger partial charge in [0.05, 0.1) is 11.9 Å². The number of aryl methyl sites for hydroxylation is 1. The molecule has 1 aromatic carbocycles. The van der Waals surface area contributed by atoms with E-state index in [-0.39, 0.29) is 12.2 Å². The second kappa shape index (κ2) is 4.65. The number of carbonyl (C=O) groups is 1. The van der Waals surface area contributed by atoms with Crippen molar-refractivity contribution in [3.63, 3.8) is 0 Å². The number of rotatable bonds is 3. The van der Waals surface area contributed by atoms with Gasteiger partial charge in [-0.05, 0) is 18.2 Å². The van der Waals surface area contributed by atoms with E-state index in [1.807, 2.05) is 36.4 Å². The largest absolute Gasteiger partial charge is 0.292 e. The Morgan fingerprint density at radius 1 is 1.16 bits per heavy atom. The van der Waals surface area contributed by atoms with Crippen LogP contribution in [0.4, 0.5) is 0 Å². The summed E-state index contributed by atoms with van der Waals surface area (Å²) in [4.78, 5) is 16.5.